The molecule has 0 saturated carbocycles. The summed E-state index contributed by atoms with van der Waals surface area (Å²) in [5, 5.41) is 3.20. The Kier molecular flexibility index (Phi) is 4.45. The zero-order chi connectivity index (χ0) is 19.9. The predicted molar refractivity (Wildman–Crippen MR) is 98.7 cm³/mol. The minimum atomic E-state index is -4.34. The molecular weight excluding hydrogens is 370 g/mol. The fraction of sp³-hybridized carbons (Fsp3) is 0.190. The van der Waals surface area contributed by atoms with Crippen LogP contribution in [0.4, 0.5) is 17.6 Å². The first kappa shape index (κ1) is 18.3. The summed E-state index contributed by atoms with van der Waals surface area (Å²) >= 11 is 0. The van der Waals surface area contributed by atoms with Gasteiger partial charge >= 0.3 is 6.18 Å². The average Bonchev–Trinajstić information content (AvgIpc) is 3.06. The summed E-state index contributed by atoms with van der Waals surface area (Å²) in [5.74, 6) is -0.322. The van der Waals surface area contributed by atoms with Crippen molar-refractivity contribution >= 4 is 5.71 Å². The Morgan fingerprint density at radius 3 is 2.57 bits per heavy atom. The Morgan fingerprint density at radius 1 is 1.11 bits per heavy atom. The molecular formula is C21H17F4N3. The van der Waals surface area contributed by atoms with E-state index in [1.54, 1.807) is 24.4 Å². The van der Waals surface area contributed by atoms with Crippen molar-refractivity contribution in [3.05, 3.63) is 94.7 Å². The van der Waals surface area contributed by atoms with Crippen LogP contribution in [0.15, 0.2) is 71.6 Å². The minimum absolute atomic E-state index is 0.322. The second-order valence-corrected chi connectivity index (χ2v) is 6.81. The van der Waals surface area contributed by atoms with Gasteiger partial charge in [-0.05, 0) is 42.8 Å². The standard InChI is InChI=1S/C21H17F4N3/c1-13-2-7-17(22)16(10-13)20-26-18-8-9-28(12-19(18)27-20)11-14-3-5-15(6-4-14)21(23,24)25/h2-10,12,20,27H,11H2,1H3. The third-order valence-corrected chi connectivity index (χ3v) is 4.65. The summed E-state index contributed by atoms with van der Waals surface area (Å²) < 4.78 is 52.2. The van der Waals surface area contributed by atoms with Gasteiger partial charge in [-0.3, -0.25) is 4.99 Å². The van der Waals surface area contributed by atoms with Crippen LogP contribution in [-0.2, 0) is 12.7 Å². The fourth-order valence-corrected chi connectivity index (χ4v) is 3.20. The lowest BCUT2D eigenvalue weighted by molar-refractivity contribution is -0.137. The van der Waals surface area contributed by atoms with Crippen LogP contribution in [0, 0.1) is 12.7 Å². The number of hydrogen-bond donors (Lipinski definition) is 1. The molecule has 0 aromatic heterocycles. The van der Waals surface area contributed by atoms with Crippen LogP contribution in [0.25, 0.3) is 0 Å². The molecule has 0 bridgehead atoms. The molecule has 0 amide bonds. The molecule has 2 heterocycles. The van der Waals surface area contributed by atoms with E-state index in [1.165, 1.54) is 18.2 Å². The van der Waals surface area contributed by atoms with Crippen molar-refractivity contribution < 1.29 is 17.6 Å². The number of rotatable bonds is 3. The van der Waals surface area contributed by atoms with Gasteiger partial charge in [0.05, 0.1) is 17.0 Å². The first-order valence-electron chi connectivity index (χ1n) is 8.72. The average molecular weight is 387 g/mol. The number of fused-ring (bicyclic) bond motifs is 1. The zero-order valence-electron chi connectivity index (χ0n) is 15.0. The first-order chi connectivity index (χ1) is 13.3. The summed E-state index contributed by atoms with van der Waals surface area (Å²) in [6, 6.07) is 9.98. The maximum Gasteiger partial charge on any atom is 0.416 e. The summed E-state index contributed by atoms with van der Waals surface area (Å²) in [5.41, 5.74) is 2.97. The number of allylic oxidation sites excluding steroid dienone is 1. The maximum absolute atomic E-state index is 14.1. The summed E-state index contributed by atoms with van der Waals surface area (Å²) in [6.07, 6.45) is 0.586. The Bertz CT molecular complexity index is 988. The van der Waals surface area contributed by atoms with E-state index in [0.717, 1.165) is 34.7 Å². The summed E-state index contributed by atoms with van der Waals surface area (Å²) in [4.78, 5) is 6.37. The van der Waals surface area contributed by atoms with Crippen molar-refractivity contribution in [3.8, 4) is 0 Å². The first-order valence-corrected chi connectivity index (χ1v) is 8.72. The van der Waals surface area contributed by atoms with Crippen molar-refractivity contribution in [3.63, 3.8) is 0 Å². The van der Waals surface area contributed by atoms with E-state index in [-0.39, 0.29) is 5.82 Å². The Morgan fingerprint density at radius 2 is 1.86 bits per heavy atom. The van der Waals surface area contributed by atoms with Crippen molar-refractivity contribution in [2.24, 2.45) is 4.99 Å². The van der Waals surface area contributed by atoms with Gasteiger partial charge in [-0.1, -0.05) is 23.8 Å². The highest BCUT2D eigenvalue weighted by atomic mass is 19.4. The van der Waals surface area contributed by atoms with Crippen LogP contribution < -0.4 is 5.32 Å². The van der Waals surface area contributed by atoms with Crippen LogP contribution >= 0.6 is 0 Å². The van der Waals surface area contributed by atoms with Crippen molar-refractivity contribution in [2.45, 2.75) is 25.8 Å². The van der Waals surface area contributed by atoms with Gasteiger partial charge < -0.3 is 10.2 Å². The molecule has 1 N–H and O–H groups in total. The molecule has 4 rings (SSSR count). The third kappa shape index (κ3) is 3.65. The van der Waals surface area contributed by atoms with Gasteiger partial charge in [0.15, 0.2) is 0 Å². The lowest BCUT2D eigenvalue weighted by atomic mass is 10.1. The van der Waals surface area contributed by atoms with Crippen LogP contribution in [-0.4, -0.2) is 10.6 Å². The molecule has 0 fully saturated rings. The van der Waals surface area contributed by atoms with Crippen LogP contribution in [0.2, 0.25) is 0 Å². The normalized spacial score (nSPS) is 18.5. The minimum Gasteiger partial charge on any atom is -0.357 e. The third-order valence-electron chi connectivity index (χ3n) is 4.65. The molecule has 0 aliphatic carbocycles. The molecule has 0 spiro atoms. The quantitative estimate of drug-likeness (QED) is 0.745. The number of benzene rings is 2. The number of aryl methyl sites for hydroxylation is 1. The molecule has 2 aliphatic heterocycles. The smallest absolute Gasteiger partial charge is 0.357 e. The molecule has 144 valence electrons. The highest BCUT2D eigenvalue weighted by molar-refractivity contribution is 6.10. The fourth-order valence-electron chi connectivity index (χ4n) is 3.20. The molecule has 7 heteroatoms. The SMILES string of the molecule is Cc1ccc(F)c(C2N=C3C=CN(Cc4ccc(C(F)(F)F)cc4)C=C3N2)c1. The second kappa shape index (κ2) is 6.82. The summed E-state index contributed by atoms with van der Waals surface area (Å²) in [7, 11) is 0. The van der Waals surface area contributed by atoms with Crippen LogP contribution in [0.5, 0.6) is 0 Å². The Balaban J connectivity index is 1.49. The van der Waals surface area contributed by atoms with Gasteiger partial charge in [-0.15, -0.1) is 0 Å². The molecule has 1 unspecified atom stereocenters. The molecule has 2 aliphatic rings. The van der Waals surface area contributed by atoms with Crippen LogP contribution in [0.3, 0.4) is 0 Å². The highest BCUT2D eigenvalue weighted by Crippen LogP contribution is 2.30. The summed E-state index contributed by atoms with van der Waals surface area (Å²) in [6.45, 7) is 2.31. The van der Waals surface area contributed by atoms with Crippen molar-refractivity contribution in [1.82, 2.24) is 10.2 Å². The second-order valence-electron chi connectivity index (χ2n) is 6.81. The largest absolute Gasteiger partial charge is 0.416 e. The lowest BCUT2D eigenvalue weighted by Gasteiger charge is -2.21. The van der Waals surface area contributed by atoms with E-state index >= 15 is 0 Å². The molecule has 0 radical (unpaired) electrons. The maximum atomic E-state index is 14.1. The molecule has 2 aromatic carbocycles. The topological polar surface area (TPSA) is 27.6 Å². The van der Waals surface area contributed by atoms with E-state index in [1.807, 2.05) is 18.0 Å². The van der Waals surface area contributed by atoms with Gasteiger partial charge in [0.1, 0.15) is 12.0 Å². The van der Waals surface area contributed by atoms with Crippen molar-refractivity contribution in [1.29, 1.82) is 0 Å². The van der Waals surface area contributed by atoms with E-state index in [2.05, 4.69) is 10.3 Å². The molecule has 28 heavy (non-hydrogen) atoms. The number of hydrogen-bond acceptors (Lipinski definition) is 3. The van der Waals surface area contributed by atoms with Crippen LogP contribution in [0.1, 0.15) is 28.4 Å². The number of halogens is 4. The molecule has 2 aromatic rings. The van der Waals surface area contributed by atoms with Crippen molar-refractivity contribution in [2.75, 3.05) is 0 Å². The molecule has 1 atom stereocenters. The van der Waals surface area contributed by atoms with E-state index in [4.69, 9.17) is 0 Å². The highest BCUT2D eigenvalue weighted by Gasteiger charge is 2.30. The number of alkyl halides is 3. The predicted octanol–water partition coefficient (Wildman–Crippen LogP) is 5.07. The lowest BCUT2D eigenvalue weighted by Crippen LogP contribution is -2.22. The zero-order valence-corrected chi connectivity index (χ0v) is 15.0. The van der Waals surface area contributed by atoms with Gasteiger partial charge in [0.2, 0.25) is 0 Å². The molecule has 0 saturated heterocycles. The van der Waals surface area contributed by atoms with E-state index < -0.39 is 17.9 Å². The number of aliphatic imine (C=N–C) groups is 1. The number of nitrogens with zero attached hydrogens (tertiary/aromatic N) is 2. The van der Waals surface area contributed by atoms with E-state index in [9.17, 15) is 17.6 Å². The Labute approximate surface area is 159 Å². The molecule has 3 nitrogen and oxygen atoms in total. The van der Waals surface area contributed by atoms with E-state index in [0.29, 0.717) is 12.1 Å². The monoisotopic (exact) mass is 387 g/mol. The van der Waals surface area contributed by atoms with Gasteiger partial charge in [-0.2, -0.15) is 13.2 Å². The Hall–Kier alpha value is -3.09. The number of nitrogens with one attached hydrogen (secondary N) is 1. The van der Waals surface area contributed by atoms with Gasteiger partial charge in [0, 0.05) is 24.5 Å². The van der Waals surface area contributed by atoms with Gasteiger partial charge in [-0.25, -0.2) is 4.39 Å². The van der Waals surface area contributed by atoms with Gasteiger partial charge in [0.25, 0.3) is 0 Å².